The van der Waals surface area contributed by atoms with Crippen LogP contribution in [-0.4, -0.2) is 20.8 Å². The van der Waals surface area contributed by atoms with E-state index in [1.165, 1.54) is 0 Å². The second-order valence-corrected chi connectivity index (χ2v) is 9.48. The molecule has 2 bridgehead atoms. The first-order valence-corrected chi connectivity index (χ1v) is 9.44. The fourth-order valence-electron chi connectivity index (χ4n) is 4.27. The molecule has 0 radical (unpaired) electrons. The molecule has 2 aliphatic carbocycles. The van der Waals surface area contributed by atoms with Gasteiger partial charge in [0.2, 0.25) is 0 Å². The van der Waals surface area contributed by atoms with Crippen molar-refractivity contribution in [1.82, 2.24) is 0 Å². The summed E-state index contributed by atoms with van der Waals surface area (Å²) in [5, 5.41) is 0. The topological polar surface area (TPSA) is 60.4 Å². The minimum absolute atomic E-state index is 0.0809. The summed E-state index contributed by atoms with van der Waals surface area (Å²) < 4.78 is 30.3. The maximum Gasteiger partial charge on any atom is 0.296 e. The highest BCUT2D eigenvalue weighted by atomic mass is 32.2. The fourth-order valence-corrected chi connectivity index (χ4v) is 5.25. The van der Waals surface area contributed by atoms with Gasteiger partial charge in [-0.1, -0.05) is 38.5 Å². The zero-order valence-corrected chi connectivity index (χ0v) is 15.0. The number of fused-ring (bicyclic) bond motifs is 2. The normalized spacial score (nSPS) is 32.4. The molecule has 1 aromatic carbocycles. The molecule has 0 aromatic heterocycles. The highest BCUT2D eigenvalue weighted by Crippen LogP contribution is 2.70. The van der Waals surface area contributed by atoms with E-state index < -0.39 is 10.1 Å². The maximum atomic E-state index is 12.4. The molecule has 126 valence electrons. The second-order valence-electron chi connectivity index (χ2n) is 7.87. The molecule has 2 atom stereocenters. The van der Waals surface area contributed by atoms with Crippen molar-refractivity contribution in [3.05, 3.63) is 29.8 Å². The summed E-state index contributed by atoms with van der Waals surface area (Å²) in [7, 11) is -3.79. The van der Waals surface area contributed by atoms with Crippen LogP contribution in [0.3, 0.4) is 0 Å². The molecule has 23 heavy (non-hydrogen) atoms. The van der Waals surface area contributed by atoms with Gasteiger partial charge in [0.05, 0.1) is 11.5 Å². The number of benzene rings is 1. The van der Waals surface area contributed by atoms with E-state index in [0.29, 0.717) is 6.42 Å². The van der Waals surface area contributed by atoms with Gasteiger partial charge in [-0.05, 0) is 37.3 Å². The van der Waals surface area contributed by atoms with Crippen molar-refractivity contribution in [2.45, 2.75) is 51.9 Å². The molecule has 3 rings (SSSR count). The quantitative estimate of drug-likeness (QED) is 0.790. The van der Waals surface area contributed by atoms with Crippen LogP contribution in [0.1, 0.15) is 45.6 Å². The largest absolute Gasteiger partial charge is 0.299 e. The van der Waals surface area contributed by atoms with E-state index in [0.717, 1.165) is 18.4 Å². The zero-order chi connectivity index (χ0) is 17.1. The van der Waals surface area contributed by atoms with Gasteiger partial charge in [-0.3, -0.25) is 8.98 Å². The van der Waals surface area contributed by atoms with Crippen molar-refractivity contribution >= 4 is 15.9 Å². The lowest BCUT2D eigenvalue weighted by molar-refractivity contribution is -0.128. The number of rotatable bonds is 4. The molecule has 0 heterocycles. The monoisotopic (exact) mass is 336 g/mol. The summed E-state index contributed by atoms with van der Waals surface area (Å²) in [6.07, 6.45) is 2.07. The number of aryl methyl sites for hydroxylation is 1. The first-order valence-electron chi connectivity index (χ1n) is 8.04. The van der Waals surface area contributed by atoms with Gasteiger partial charge in [0.25, 0.3) is 10.1 Å². The lowest BCUT2D eigenvalue weighted by Crippen LogP contribution is -2.38. The molecule has 2 saturated carbocycles. The minimum Gasteiger partial charge on any atom is -0.299 e. The molecule has 0 saturated heterocycles. The van der Waals surface area contributed by atoms with E-state index in [-0.39, 0.29) is 33.5 Å². The Morgan fingerprint density at radius 3 is 2.17 bits per heavy atom. The summed E-state index contributed by atoms with van der Waals surface area (Å²) in [5.41, 5.74) is 0.0112. The summed E-state index contributed by atoms with van der Waals surface area (Å²) in [5.74, 6) is 0.241. The average molecular weight is 336 g/mol. The van der Waals surface area contributed by atoms with Gasteiger partial charge in [-0.2, -0.15) is 8.42 Å². The van der Waals surface area contributed by atoms with E-state index in [4.69, 9.17) is 4.18 Å². The van der Waals surface area contributed by atoms with E-state index >= 15 is 0 Å². The Hall–Kier alpha value is -1.20. The average Bonchev–Trinajstić information content (AvgIpc) is 2.76. The van der Waals surface area contributed by atoms with Crippen LogP contribution in [0.4, 0.5) is 0 Å². The Kier molecular flexibility index (Phi) is 3.55. The predicted octanol–water partition coefficient (Wildman–Crippen LogP) is 3.49. The van der Waals surface area contributed by atoms with Gasteiger partial charge in [0.15, 0.2) is 0 Å². The molecular formula is C18H24O4S. The lowest BCUT2D eigenvalue weighted by Gasteiger charge is -2.39. The van der Waals surface area contributed by atoms with Crippen molar-refractivity contribution in [1.29, 1.82) is 0 Å². The Bertz CT molecular complexity index is 748. The lowest BCUT2D eigenvalue weighted by atomic mass is 9.65. The van der Waals surface area contributed by atoms with Gasteiger partial charge in [-0.25, -0.2) is 0 Å². The second kappa shape index (κ2) is 4.90. The Balaban J connectivity index is 1.83. The molecule has 1 aromatic rings. The van der Waals surface area contributed by atoms with E-state index in [2.05, 4.69) is 13.8 Å². The van der Waals surface area contributed by atoms with Crippen molar-refractivity contribution in [2.75, 3.05) is 6.61 Å². The van der Waals surface area contributed by atoms with Crippen molar-refractivity contribution in [3.63, 3.8) is 0 Å². The van der Waals surface area contributed by atoms with Crippen LogP contribution in [0.2, 0.25) is 0 Å². The van der Waals surface area contributed by atoms with Crippen LogP contribution in [0.5, 0.6) is 0 Å². The molecule has 5 heteroatoms. The predicted molar refractivity (Wildman–Crippen MR) is 87.5 cm³/mol. The third-order valence-electron chi connectivity index (χ3n) is 6.72. The third kappa shape index (κ3) is 2.20. The van der Waals surface area contributed by atoms with Crippen molar-refractivity contribution in [2.24, 2.45) is 16.2 Å². The van der Waals surface area contributed by atoms with Gasteiger partial charge < -0.3 is 0 Å². The number of ketones is 1. The van der Waals surface area contributed by atoms with E-state index in [9.17, 15) is 13.2 Å². The molecule has 2 aliphatic rings. The molecular weight excluding hydrogens is 312 g/mol. The molecule has 0 spiro atoms. The van der Waals surface area contributed by atoms with Crippen molar-refractivity contribution < 1.29 is 17.4 Å². The summed E-state index contributed by atoms with van der Waals surface area (Å²) >= 11 is 0. The Morgan fingerprint density at radius 1 is 1.09 bits per heavy atom. The standard InChI is InChI=1S/C18H24O4S/c1-13-5-7-14(8-6-13)23(20,21)22-12-18-10-9-17(4,15(19)11-18)16(18,2)3/h5-8H,9-12H2,1-4H3. The first kappa shape index (κ1) is 16.7. The molecule has 0 aliphatic heterocycles. The number of carbonyl (C=O) groups excluding carboxylic acids is 1. The first-order chi connectivity index (χ1) is 10.5. The number of hydrogen-bond donors (Lipinski definition) is 0. The number of carbonyl (C=O) groups is 1. The number of hydrogen-bond acceptors (Lipinski definition) is 4. The summed E-state index contributed by atoms with van der Waals surface area (Å²) in [6, 6.07) is 6.63. The molecule has 2 fully saturated rings. The zero-order valence-electron chi connectivity index (χ0n) is 14.2. The van der Waals surface area contributed by atoms with Crippen LogP contribution in [-0.2, 0) is 19.1 Å². The molecule has 0 N–H and O–H groups in total. The molecule has 4 nitrogen and oxygen atoms in total. The van der Waals surface area contributed by atoms with Crippen LogP contribution in [0.25, 0.3) is 0 Å². The minimum atomic E-state index is -3.79. The summed E-state index contributed by atoms with van der Waals surface area (Å²) in [4.78, 5) is 12.6. The molecule has 2 unspecified atom stereocenters. The Morgan fingerprint density at radius 2 is 1.70 bits per heavy atom. The smallest absolute Gasteiger partial charge is 0.296 e. The molecule has 0 amide bonds. The number of Topliss-reactive ketones (excluding diaryl/α,β-unsaturated/α-hetero) is 1. The van der Waals surface area contributed by atoms with E-state index in [1.807, 2.05) is 13.8 Å². The van der Waals surface area contributed by atoms with Crippen molar-refractivity contribution in [3.8, 4) is 0 Å². The fraction of sp³-hybridized carbons (Fsp3) is 0.611. The van der Waals surface area contributed by atoms with Crippen LogP contribution in [0, 0.1) is 23.2 Å². The highest BCUT2D eigenvalue weighted by Gasteiger charge is 2.69. The highest BCUT2D eigenvalue weighted by molar-refractivity contribution is 7.86. The van der Waals surface area contributed by atoms with Crippen LogP contribution < -0.4 is 0 Å². The summed E-state index contributed by atoms with van der Waals surface area (Å²) in [6.45, 7) is 8.15. The van der Waals surface area contributed by atoms with Gasteiger partial charge in [0.1, 0.15) is 5.78 Å². The van der Waals surface area contributed by atoms with Gasteiger partial charge in [0, 0.05) is 17.3 Å². The van der Waals surface area contributed by atoms with Crippen LogP contribution in [0.15, 0.2) is 29.2 Å². The van der Waals surface area contributed by atoms with Crippen LogP contribution >= 0.6 is 0 Å². The Labute approximate surface area is 138 Å². The van der Waals surface area contributed by atoms with E-state index in [1.54, 1.807) is 24.3 Å². The SMILES string of the molecule is Cc1ccc(S(=O)(=O)OCC23CCC(C)(C(=O)C2)C3(C)C)cc1. The maximum absolute atomic E-state index is 12.4. The van der Waals surface area contributed by atoms with Gasteiger partial charge >= 0.3 is 0 Å². The van der Waals surface area contributed by atoms with Gasteiger partial charge in [-0.15, -0.1) is 0 Å². The third-order valence-corrected chi connectivity index (χ3v) is 8.00.